The van der Waals surface area contributed by atoms with Crippen LogP contribution < -0.4 is 15.8 Å². The predicted molar refractivity (Wildman–Crippen MR) is 104 cm³/mol. The van der Waals surface area contributed by atoms with Crippen LogP contribution in [0.4, 0.5) is 5.69 Å². The van der Waals surface area contributed by atoms with Crippen LogP contribution in [0, 0.1) is 6.92 Å². The Morgan fingerprint density at radius 2 is 2.00 bits per heavy atom. The molecule has 136 valence electrons. The van der Waals surface area contributed by atoms with Crippen molar-refractivity contribution in [2.45, 2.75) is 38.8 Å². The lowest BCUT2D eigenvalue weighted by molar-refractivity contribution is 0.0620. The molecule has 0 radical (unpaired) electrons. The number of nitrogens with zero attached hydrogens (tertiary/aromatic N) is 1. The largest absolute Gasteiger partial charge is 0.487 e. The topological polar surface area (TPSA) is 77.2 Å². The molecular weight excluding hydrogens is 361 g/mol. The van der Waals surface area contributed by atoms with Gasteiger partial charge < -0.3 is 15.8 Å². The molecule has 0 fully saturated rings. The third-order valence-electron chi connectivity index (χ3n) is 3.97. The molecule has 0 saturated carbocycles. The third kappa shape index (κ3) is 4.77. The fraction of sp³-hybridized carbons (Fsp3) is 0.333. The lowest BCUT2D eigenvalue weighted by Crippen LogP contribution is -2.41. The second-order valence-corrected chi connectivity index (χ2v) is 6.58. The molecule has 0 saturated heterocycles. The second kappa shape index (κ2) is 7.93. The van der Waals surface area contributed by atoms with E-state index in [-0.39, 0.29) is 42.4 Å². The lowest BCUT2D eigenvalue weighted by atomic mass is 9.89. The van der Waals surface area contributed by atoms with Crippen LogP contribution >= 0.6 is 24.8 Å². The maximum Gasteiger partial charge on any atom is 0.253 e. The van der Waals surface area contributed by atoms with Crippen molar-refractivity contribution in [3.8, 4) is 5.75 Å². The van der Waals surface area contributed by atoms with Crippen LogP contribution in [-0.4, -0.2) is 16.5 Å². The molecule has 0 spiro atoms. The Bertz CT molecular complexity index is 748. The van der Waals surface area contributed by atoms with Crippen molar-refractivity contribution in [2.75, 3.05) is 5.73 Å². The van der Waals surface area contributed by atoms with E-state index < -0.39 is 0 Å². The van der Waals surface area contributed by atoms with Crippen LogP contribution in [0.5, 0.6) is 5.75 Å². The average Bonchev–Trinajstić information content (AvgIpc) is 2.48. The molecule has 1 atom stereocenters. The summed E-state index contributed by atoms with van der Waals surface area (Å²) in [6, 6.07) is 8.99. The summed E-state index contributed by atoms with van der Waals surface area (Å²) in [5, 5.41) is 3.08. The van der Waals surface area contributed by atoms with Crippen LogP contribution in [-0.2, 0) is 0 Å². The first-order valence-corrected chi connectivity index (χ1v) is 7.66. The number of amides is 1. The number of aromatic nitrogens is 1. The molecule has 25 heavy (non-hydrogen) atoms. The third-order valence-corrected chi connectivity index (χ3v) is 3.97. The van der Waals surface area contributed by atoms with Gasteiger partial charge in [-0.05, 0) is 51.1 Å². The van der Waals surface area contributed by atoms with Gasteiger partial charge in [0.1, 0.15) is 11.4 Å². The highest BCUT2D eigenvalue weighted by Crippen LogP contribution is 2.40. The molecule has 3 N–H and O–H groups in total. The van der Waals surface area contributed by atoms with Gasteiger partial charge in [-0.3, -0.25) is 9.78 Å². The number of benzene rings is 1. The van der Waals surface area contributed by atoms with E-state index in [1.165, 1.54) is 0 Å². The Morgan fingerprint density at radius 3 is 2.64 bits per heavy atom. The summed E-state index contributed by atoms with van der Waals surface area (Å²) >= 11 is 0. The summed E-state index contributed by atoms with van der Waals surface area (Å²) in [6.07, 6.45) is 2.27. The van der Waals surface area contributed by atoms with Gasteiger partial charge in [-0.25, -0.2) is 0 Å². The van der Waals surface area contributed by atoms with Crippen LogP contribution in [0.1, 0.15) is 47.9 Å². The van der Waals surface area contributed by atoms with Crippen LogP contribution in [0.2, 0.25) is 0 Å². The number of nitrogens with one attached hydrogen (secondary N) is 1. The number of carbonyl (C=O) groups excluding carboxylic acids is 1. The summed E-state index contributed by atoms with van der Waals surface area (Å²) in [4.78, 5) is 16.7. The highest BCUT2D eigenvalue weighted by Gasteiger charge is 2.34. The van der Waals surface area contributed by atoms with E-state index in [0.717, 1.165) is 17.0 Å². The molecule has 1 aliphatic rings. The van der Waals surface area contributed by atoms with E-state index in [2.05, 4.69) is 10.3 Å². The number of hydrogen-bond donors (Lipinski definition) is 2. The van der Waals surface area contributed by atoms with Crippen molar-refractivity contribution in [2.24, 2.45) is 0 Å². The molecule has 5 nitrogen and oxygen atoms in total. The fourth-order valence-corrected chi connectivity index (χ4v) is 2.85. The van der Waals surface area contributed by atoms with E-state index in [0.29, 0.717) is 17.7 Å². The zero-order valence-corrected chi connectivity index (χ0v) is 16.0. The average molecular weight is 384 g/mol. The SMILES string of the molecule is Cc1ccc(C(=O)NC2CC(C)(C)Oc3ccc(N)cc32)cn1.Cl.Cl. The monoisotopic (exact) mass is 383 g/mol. The molecule has 2 aromatic rings. The van der Waals surface area contributed by atoms with Crippen molar-refractivity contribution in [1.29, 1.82) is 0 Å². The number of rotatable bonds is 2. The highest BCUT2D eigenvalue weighted by atomic mass is 35.5. The second-order valence-electron chi connectivity index (χ2n) is 6.58. The molecule has 1 unspecified atom stereocenters. The molecule has 1 aromatic heterocycles. The van der Waals surface area contributed by atoms with Crippen molar-refractivity contribution in [3.05, 3.63) is 53.3 Å². The molecule has 1 amide bonds. The van der Waals surface area contributed by atoms with Gasteiger partial charge in [-0.1, -0.05) is 0 Å². The van der Waals surface area contributed by atoms with E-state index in [1.54, 1.807) is 12.3 Å². The van der Waals surface area contributed by atoms with E-state index in [4.69, 9.17) is 10.5 Å². The van der Waals surface area contributed by atoms with Crippen molar-refractivity contribution in [3.63, 3.8) is 0 Å². The summed E-state index contributed by atoms with van der Waals surface area (Å²) in [6.45, 7) is 5.92. The molecule has 1 aromatic carbocycles. The minimum absolute atomic E-state index is 0. The smallest absolute Gasteiger partial charge is 0.253 e. The van der Waals surface area contributed by atoms with Gasteiger partial charge in [-0.15, -0.1) is 24.8 Å². The molecule has 2 heterocycles. The van der Waals surface area contributed by atoms with E-state index in [1.807, 2.05) is 45.0 Å². The first-order valence-electron chi connectivity index (χ1n) is 7.66. The van der Waals surface area contributed by atoms with Gasteiger partial charge in [0.15, 0.2) is 0 Å². The number of hydrogen-bond acceptors (Lipinski definition) is 4. The molecule has 7 heteroatoms. The predicted octanol–water partition coefficient (Wildman–Crippen LogP) is 3.85. The van der Waals surface area contributed by atoms with Crippen molar-refractivity contribution < 1.29 is 9.53 Å². The van der Waals surface area contributed by atoms with Crippen molar-refractivity contribution in [1.82, 2.24) is 10.3 Å². The number of nitrogens with two attached hydrogens (primary N) is 1. The molecule has 3 rings (SSSR count). The quantitative estimate of drug-likeness (QED) is 0.772. The summed E-state index contributed by atoms with van der Waals surface area (Å²) in [5.74, 6) is 0.622. The zero-order chi connectivity index (χ0) is 16.6. The number of pyridine rings is 1. The Morgan fingerprint density at radius 1 is 1.28 bits per heavy atom. The van der Waals surface area contributed by atoms with E-state index >= 15 is 0 Å². The van der Waals surface area contributed by atoms with Gasteiger partial charge in [0.2, 0.25) is 0 Å². The summed E-state index contributed by atoms with van der Waals surface area (Å²) in [7, 11) is 0. The number of ether oxygens (including phenoxy) is 1. The summed E-state index contributed by atoms with van der Waals surface area (Å²) < 4.78 is 5.99. The molecule has 1 aliphatic heterocycles. The highest BCUT2D eigenvalue weighted by molar-refractivity contribution is 5.94. The number of nitrogen functional groups attached to an aromatic ring is 1. The van der Waals surface area contributed by atoms with Gasteiger partial charge in [0.25, 0.3) is 5.91 Å². The maximum atomic E-state index is 12.5. The van der Waals surface area contributed by atoms with E-state index in [9.17, 15) is 4.79 Å². The van der Waals surface area contributed by atoms with Crippen LogP contribution in [0.3, 0.4) is 0 Å². The first kappa shape index (κ1) is 21.1. The standard InChI is InChI=1S/C18H21N3O2.2ClH/c1-11-4-5-12(10-20-11)17(22)21-15-9-18(2,3)23-16-7-6-13(19)8-14(15)16;;/h4-8,10,15H,9,19H2,1-3H3,(H,21,22);2*1H. The van der Waals surface area contributed by atoms with Crippen LogP contribution in [0.15, 0.2) is 36.5 Å². The molecule has 0 bridgehead atoms. The fourth-order valence-electron chi connectivity index (χ4n) is 2.85. The Kier molecular flexibility index (Phi) is 6.68. The molecule has 0 aliphatic carbocycles. The number of fused-ring (bicyclic) bond motifs is 1. The van der Waals surface area contributed by atoms with Crippen molar-refractivity contribution >= 4 is 36.4 Å². The number of carbonyl (C=O) groups is 1. The lowest BCUT2D eigenvalue weighted by Gasteiger charge is -2.38. The molecular formula is C18H23Cl2N3O2. The Hall–Kier alpha value is -1.98. The normalized spacial score (nSPS) is 17.2. The Balaban J connectivity index is 0.00000156. The summed E-state index contributed by atoms with van der Waals surface area (Å²) in [5.41, 5.74) is 8.54. The maximum absolute atomic E-state index is 12.5. The van der Waals surface area contributed by atoms with Crippen LogP contribution in [0.25, 0.3) is 0 Å². The number of aryl methyl sites for hydroxylation is 1. The van der Waals surface area contributed by atoms with Gasteiger partial charge in [0, 0.05) is 29.6 Å². The van der Waals surface area contributed by atoms with Gasteiger partial charge in [0.05, 0.1) is 11.6 Å². The number of anilines is 1. The minimum Gasteiger partial charge on any atom is -0.487 e. The first-order chi connectivity index (χ1) is 10.8. The number of halogens is 2. The van der Waals surface area contributed by atoms with Gasteiger partial charge in [-0.2, -0.15) is 0 Å². The zero-order valence-electron chi connectivity index (χ0n) is 14.4. The Labute approximate surface area is 160 Å². The van der Waals surface area contributed by atoms with Gasteiger partial charge >= 0.3 is 0 Å². The minimum atomic E-state index is -0.355.